The minimum atomic E-state index is -1.70. The normalized spacial score (nSPS) is 16.8. The number of carbonyl (C=O) groups is 3. The number of benzene rings is 2. The Morgan fingerprint density at radius 1 is 1.00 bits per heavy atom. The summed E-state index contributed by atoms with van der Waals surface area (Å²) in [7, 11) is 0. The first-order chi connectivity index (χ1) is 15.5. The Labute approximate surface area is 185 Å². The number of nitrogens with one attached hydrogen (secondary N) is 2. The van der Waals surface area contributed by atoms with Crippen molar-refractivity contribution >= 4 is 18.0 Å². The molecule has 1 fully saturated rings. The summed E-state index contributed by atoms with van der Waals surface area (Å²) < 4.78 is 5.53. The number of rotatable bonds is 8. The highest BCUT2D eigenvalue weighted by molar-refractivity contribution is 5.86. The predicted octanol–water partition coefficient (Wildman–Crippen LogP) is 2.26. The second-order valence-electron chi connectivity index (χ2n) is 8.24. The first kappa shape index (κ1) is 21.8. The molecule has 0 aliphatic heterocycles. The van der Waals surface area contributed by atoms with E-state index >= 15 is 0 Å². The lowest BCUT2D eigenvalue weighted by molar-refractivity contribution is -0.146. The Morgan fingerprint density at radius 2 is 1.59 bits per heavy atom. The SMILES string of the molecule is O=C(NC(C(=O)NCC(O)C(=O)O)C1CCC1)OCC1c2ccccc2-c2ccccc21. The van der Waals surface area contributed by atoms with E-state index < -0.39 is 36.7 Å². The van der Waals surface area contributed by atoms with Gasteiger partial charge in [0, 0.05) is 5.92 Å². The van der Waals surface area contributed by atoms with E-state index in [4.69, 9.17) is 9.84 Å². The lowest BCUT2D eigenvalue weighted by atomic mass is 9.79. The number of carboxylic acid groups (broad SMARTS) is 1. The van der Waals surface area contributed by atoms with Crippen molar-refractivity contribution in [1.82, 2.24) is 10.6 Å². The molecule has 2 amide bonds. The van der Waals surface area contributed by atoms with E-state index in [1.165, 1.54) is 0 Å². The highest BCUT2D eigenvalue weighted by Gasteiger charge is 2.35. The number of aliphatic hydroxyl groups is 1. The molecule has 2 aromatic rings. The number of carbonyl (C=O) groups excluding carboxylic acids is 2. The number of ether oxygens (including phenoxy) is 1. The molecule has 2 atom stereocenters. The molecule has 1 saturated carbocycles. The number of amides is 2. The van der Waals surface area contributed by atoms with Crippen LogP contribution in [0.25, 0.3) is 11.1 Å². The number of hydrogen-bond acceptors (Lipinski definition) is 5. The van der Waals surface area contributed by atoms with Crippen LogP contribution in [0.1, 0.15) is 36.3 Å². The summed E-state index contributed by atoms with van der Waals surface area (Å²) in [5.74, 6) is -2.08. The molecule has 0 heterocycles. The summed E-state index contributed by atoms with van der Waals surface area (Å²) in [6, 6.07) is 15.2. The van der Waals surface area contributed by atoms with Crippen molar-refractivity contribution in [2.24, 2.45) is 5.92 Å². The molecular weight excluding hydrogens is 412 g/mol. The van der Waals surface area contributed by atoms with E-state index in [1.807, 2.05) is 36.4 Å². The van der Waals surface area contributed by atoms with Crippen LogP contribution in [0.3, 0.4) is 0 Å². The predicted molar refractivity (Wildman–Crippen MR) is 116 cm³/mol. The molecule has 0 saturated heterocycles. The van der Waals surface area contributed by atoms with Crippen LogP contribution in [0.5, 0.6) is 0 Å². The van der Waals surface area contributed by atoms with Crippen molar-refractivity contribution < 1.29 is 29.3 Å². The van der Waals surface area contributed by atoms with E-state index in [0.29, 0.717) is 0 Å². The first-order valence-corrected chi connectivity index (χ1v) is 10.8. The van der Waals surface area contributed by atoms with Crippen LogP contribution in [-0.2, 0) is 14.3 Å². The summed E-state index contributed by atoms with van der Waals surface area (Å²) in [6.07, 6.45) is 0.124. The molecule has 4 N–H and O–H groups in total. The maximum atomic E-state index is 12.6. The fourth-order valence-electron chi connectivity index (χ4n) is 4.33. The molecule has 4 rings (SSSR count). The van der Waals surface area contributed by atoms with Crippen molar-refractivity contribution in [3.8, 4) is 11.1 Å². The molecule has 8 nitrogen and oxygen atoms in total. The maximum Gasteiger partial charge on any atom is 0.407 e. The van der Waals surface area contributed by atoms with Crippen LogP contribution in [0, 0.1) is 5.92 Å². The molecule has 2 unspecified atom stereocenters. The Morgan fingerprint density at radius 3 is 2.12 bits per heavy atom. The third-order valence-electron chi connectivity index (χ3n) is 6.28. The summed E-state index contributed by atoms with van der Waals surface area (Å²) >= 11 is 0. The molecule has 0 spiro atoms. The Bertz CT molecular complexity index is 974. The van der Waals surface area contributed by atoms with Crippen molar-refractivity contribution in [2.45, 2.75) is 37.3 Å². The zero-order valence-corrected chi connectivity index (χ0v) is 17.5. The molecule has 8 heteroatoms. The number of aliphatic carboxylic acids is 1. The van der Waals surface area contributed by atoms with Gasteiger partial charge in [0.15, 0.2) is 6.10 Å². The minimum Gasteiger partial charge on any atom is -0.479 e. The number of alkyl carbamates (subject to hydrolysis) is 1. The van der Waals surface area contributed by atoms with E-state index in [0.717, 1.165) is 41.5 Å². The van der Waals surface area contributed by atoms with Gasteiger partial charge in [-0.1, -0.05) is 55.0 Å². The number of carboxylic acids is 1. The summed E-state index contributed by atoms with van der Waals surface area (Å²) in [5.41, 5.74) is 4.44. The van der Waals surface area contributed by atoms with E-state index in [2.05, 4.69) is 22.8 Å². The van der Waals surface area contributed by atoms with Gasteiger partial charge in [-0.2, -0.15) is 0 Å². The standard InChI is InChI=1S/C24H26N2O6/c27-20(23(29)30)12-25-22(28)21(14-6-5-7-14)26-24(31)32-13-19-17-10-3-1-8-15(17)16-9-2-4-11-18(16)19/h1-4,8-11,14,19-21,27H,5-7,12-13H2,(H,25,28)(H,26,31)(H,29,30). The van der Waals surface area contributed by atoms with Gasteiger partial charge < -0.3 is 25.6 Å². The fourth-order valence-corrected chi connectivity index (χ4v) is 4.33. The smallest absolute Gasteiger partial charge is 0.407 e. The molecular formula is C24H26N2O6. The van der Waals surface area contributed by atoms with Gasteiger partial charge in [-0.3, -0.25) is 4.79 Å². The summed E-state index contributed by atoms with van der Waals surface area (Å²) in [4.78, 5) is 35.9. The van der Waals surface area contributed by atoms with Crippen molar-refractivity contribution in [2.75, 3.05) is 13.2 Å². The Kier molecular flexibility index (Phi) is 6.41. The van der Waals surface area contributed by atoms with Crippen LogP contribution in [0.15, 0.2) is 48.5 Å². The van der Waals surface area contributed by atoms with Gasteiger partial charge in [-0.05, 0) is 41.0 Å². The average Bonchev–Trinajstić information content (AvgIpc) is 3.08. The van der Waals surface area contributed by atoms with Crippen LogP contribution in [-0.4, -0.2) is 53.5 Å². The van der Waals surface area contributed by atoms with Gasteiger partial charge in [0.25, 0.3) is 0 Å². The Balaban J connectivity index is 1.39. The van der Waals surface area contributed by atoms with Gasteiger partial charge >= 0.3 is 12.1 Å². The highest BCUT2D eigenvalue weighted by Crippen LogP contribution is 2.44. The lowest BCUT2D eigenvalue weighted by Gasteiger charge is -2.33. The van der Waals surface area contributed by atoms with Crippen molar-refractivity contribution in [1.29, 1.82) is 0 Å². The van der Waals surface area contributed by atoms with Gasteiger partial charge in [0.1, 0.15) is 12.6 Å². The third kappa shape index (κ3) is 4.45. The molecule has 168 valence electrons. The molecule has 2 aliphatic rings. The highest BCUT2D eigenvalue weighted by atomic mass is 16.5. The Hall–Kier alpha value is -3.39. The zero-order chi connectivity index (χ0) is 22.7. The van der Waals surface area contributed by atoms with E-state index in [-0.39, 0.29) is 18.4 Å². The van der Waals surface area contributed by atoms with Gasteiger partial charge in [0.05, 0.1) is 6.54 Å². The first-order valence-electron chi connectivity index (χ1n) is 10.8. The van der Waals surface area contributed by atoms with E-state index in [9.17, 15) is 19.5 Å². The van der Waals surface area contributed by atoms with E-state index in [1.54, 1.807) is 0 Å². The third-order valence-corrected chi connectivity index (χ3v) is 6.28. The largest absolute Gasteiger partial charge is 0.479 e. The number of aliphatic hydroxyl groups excluding tert-OH is 1. The average molecular weight is 438 g/mol. The number of fused-ring (bicyclic) bond motifs is 3. The molecule has 2 aliphatic carbocycles. The number of hydrogen-bond donors (Lipinski definition) is 4. The molecule has 2 aromatic carbocycles. The molecule has 0 radical (unpaired) electrons. The summed E-state index contributed by atoms with van der Waals surface area (Å²) in [5, 5.41) is 23.2. The molecule has 0 aromatic heterocycles. The summed E-state index contributed by atoms with van der Waals surface area (Å²) in [6.45, 7) is -0.291. The van der Waals surface area contributed by atoms with Crippen LogP contribution < -0.4 is 10.6 Å². The second kappa shape index (κ2) is 9.40. The monoisotopic (exact) mass is 438 g/mol. The molecule has 32 heavy (non-hydrogen) atoms. The zero-order valence-electron chi connectivity index (χ0n) is 17.5. The molecule has 0 bridgehead atoms. The van der Waals surface area contributed by atoms with Crippen molar-refractivity contribution in [3.05, 3.63) is 59.7 Å². The maximum absolute atomic E-state index is 12.6. The van der Waals surface area contributed by atoms with Crippen LogP contribution >= 0.6 is 0 Å². The lowest BCUT2D eigenvalue weighted by Crippen LogP contribution is -2.54. The van der Waals surface area contributed by atoms with Crippen LogP contribution in [0.4, 0.5) is 4.79 Å². The minimum absolute atomic E-state index is 0.0440. The topological polar surface area (TPSA) is 125 Å². The van der Waals surface area contributed by atoms with Crippen LogP contribution in [0.2, 0.25) is 0 Å². The quantitative estimate of drug-likeness (QED) is 0.501. The van der Waals surface area contributed by atoms with Gasteiger partial charge in [-0.25, -0.2) is 9.59 Å². The second-order valence-corrected chi connectivity index (χ2v) is 8.24. The van der Waals surface area contributed by atoms with Gasteiger partial charge in [0.2, 0.25) is 5.91 Å². The van der Waals surface area contributed by atoms with Crippen molar-refractivity contribution in [3.63, 3.8) is 0 Å². The van der Waals surface area contributed by atoms with Gasteiger partial charge in [-0.15, -0.1) is 0 Å². The fraction of sp³-hybridized carbons (Fsp3) is 0.375.